The molecular formula is C31H38F3N5O3. The van der Waals surface area contributed by atoms with Gasteiger partial charge < -0.3 is 25.4 Å². The van der Waals surface area contributed by atoms with Gasteiger partial charge in [-0.05, 0) is 88.6 Å². The number of carbonyl (C=O) groups is 1. The van der Waals surface area contributed by atoms with Crippen LogP contribution in [0.3, 0.4) is 0 Å². The average Bonchev–Trinajstić information content (AvgIpc) is 2.93. The van der Waals surface area contributed by atoms with Crippen LogP contribution in [-0.4, -0.2) is 53.7 Å². The normalized spacial score (nSPS) is 20.0. The molecule has 11 heteroatoms. The molecule has 2 aliphatic rings. The molecule has 0 aliphatic carbocycles. The summed E-state index contributed by atoms with van der Waals surface area (Å²) in [6.45, 7) is 8.64. The Bertz CT molecular complexity index is 1320. The van der Waals surface area contributed by atoms with Gasteiger partial charge in [-0.3, -0.25) is 5.41 Å². The van der Waals surface area contributed by atoms with Gasteiger partial charge in [0.2, 0.25) is 0 Å². The first-order valence-corrected chi connectivity index (χ1v) is 14.1. The minimum atomic E-state index is -4.42. The summed E-state index contributed by atoms with van der Waals surface area (Å²) in [5, 5.41) is 12.5. The van der Waals surface area contributed by atoms with Crippen molar-refractivity contribution in [2.24, 2.45) is 16.6 Å². The number of carbonyl (C=O) groups excluding carboxylic acids is 1. The van der Waals surface area contributed by atoms with Gasteiger partial charge in [0.15, 0.2) is 0 Å². The second-order valence-corrected chi connectivity index (χ2v) is 11.5. The van der Waals surface area contributed by atoms with Crippen LogP contribution in [-0.2, 0) is 10.9 Å². The Balaban J connectivity index is 1.46. The van der Waals surface area contributed by atoms with E-state index in [1.807, 2.05) is 33.9 Å². The third-order valence-corrected chi connectivity index (χ3v) is 7.23. The fourth-order valence-corrected chi connectivity index (χ4v) is 4.88. The molecule has 2 heterocycles. The topological polar surface area (TPSA) is 113 Å². The summed E-state index contributed by atoms with van der Waals surface area (Å²) in [6.07, 6.45) is -0.746. The summed E-state index contributed by atoms with van der Waals surface area (Å²) in [4.78, 5) is 18.8. The molecule has 4 N–H and O–H groups in total. The summed E-state index contributed by atoms with van der Waals surface area (Å²) in [5.74, 6) is 1.22. The van der Waals surface area contributed by atoms with Crippen molar-refractivity contribution in [3.63, 3.8) is 0 Å². The third kappa shape index (κ3) is 7.70. The van der Waals surface area contributed by atoms with Crippen molar-refractivity contribution >= 4 is 18.0 Å². The second kappa shape index (κ2) is 12.6. The van der Waals surface area contributed by atoms with Crippen molar-refractivity contribution in [1.29, 1.82) is 5.41 Å². The first kappa shape index (κ1) is 31.1. The number of nitrogens with two attached hydrogens (primary N) is 1. The van der Waals surface area contributed by atoms with Gasteiger partial charge in [0.1, 0.15) is 22.9 Å². The number of alkyl halides is 3. The molecule has 2 atom stereocenters. The number of hydrogen-bond acceptors (Lipinski definition) is 7. The molecule has 226 valence electrons. The monoisotopic (exact) mass is 585 g/mol. The molecule has 2 aromatic carbocycles. The molecule has 1 saturated heterocycles. The summed E-state index contributed by atoms with van der Waals surface area (Å²) >= 11 is 0. The number of benzene rings is 2. The van der Waals surface area contributed by atoms with Crippen LogP contribution in [0, 0.1) is 11.3 Å². The summed E-state index contributed by atoms with van der Waals surface area (Å²) in [7, 11) is 0. The van der Waals surface area contributed by atoms with E-state index in [-0.39, 0.29) is 29.5 Å². The molecule has 1 amide bonds. The fraction of sp³-hybridized carbons (Fsp3) is 0.452. The van der Waals surface area contributed by atoms with Crippen molar-refractivity contribution in [2.75, 3.05) is 13.1 Å². The molecule has 1 fully saturated rings. The van der Waals surface area contributed by atoms with Gasteiger partial charge in [0.25, 0.3) is 0 Å². The zero-order valence-corrected chi connectivity index (χ0v) is 24.3. The lowest BCUT2D eigenvalue weighted by Crippen LogP contribution is -2.47. The van der Waals surface area contributed by atoms with Crippen LogP contribution in [0.1, 0.15) is 58.1 Å². The Kier molecular flexibility index (Phi) is 9.30. The number of ether oxygens (including phenoxy) is 2. The van der Waals surface area contributed by atoms with E-state index in [1.165, 1.54) is 12.1 Å². The van der Waals surface area contributed by atoms with Gasteiger partial charge in [-0.1, -0.05) is 6.92 Å². The number of aliphatic imine (C=N–C) groups is 1. The van der Waals surface area contributed by atoms with Crippen molar-refractivity contribution in [3.8, 4) is 11.5 Å². The molecule has 0 bridgehead atoms. The van der Waals surface area contributed by atoms with Gasteiger partial charge in [-0.2, -0.15) is 13.2 Å². The highest BCUT2D eigenvalue weighted by Crippen LogP contribution is 2.32. The van der Waals surface area contributed by atoms with Crippen LogP contribution in [0.2, 0.25) is 0 Å². The smallest absolute Gasteiger partial charge is 0.416 e. The highest BCUT2D eigenvalue weighted by Gasteiger charge is 2.32. The van der Waals surface area contributed by atoms with Crippen molar-refractivity contribution in [2.45, 2.75) is 70.8 Å². The molecule has 2 aliphatic heterocycles. The maximum atomic E-state index is 12.8. The summed E-state index contributed by atoms with van der Waals surface area (Å²) in [6, 6.07) is 10.8. The number of piperidine rings is 1. The summed E-state index contributed by atoms with van der Waals surface area (Å²) in [5.41, 5.74) is 6.80. The number of hydrogen-bond donors (Lipinski definition) is 3. The lowest BCUT2D eigenvalue weighted by Gasteiger charge is -2.35. The van der Waals surface area contributed by atoms with E-state index < -0.39 is 23.4 Å². The van der Waals surface area contributed by atoms with E-state index in [9.17, 15) is 18.0 Å². The Hall–Kier alpha value is -3.86. The molecule has 2 aromatic rings. The standard InChI is InChI=1S/C31H38F3N5O3/c1-5-19-18-37-28(38-22-14-16-39(17-15-22)29(40)42-30(2,3)4)25(26(19)35)27(36)20-6-10-23(11-7-20)41-24-12-8-21(9-13-24)31(32,33)34/h6-13,18-19,22,26,36,38H,5,14-17,35H2,1-4H3. The van der Waals surface area contributed by atoms with Gasteiger partial charge in [0.05, 0.1) is 11.3 Å². The Morgan fingerprint density at radius 2 is 1.62 bits per heavy atom. The highest BCUT2D eigenvalue weighted by molar-refractivity contribution is 6.12. The zero-order valence-electron chi connectivity index (χ0n) is 24.3. The Morgan fingerprint density at radius 1 is 1.05 bits per heavy atom. The van der Waals surface area contributed by atoms with Crippen LogP contribution in [0.4, 0.5) is 18.0 Å². The fourth-order valence-electron chi connectivity index (χ4n) is 4.88. The van der Waals surface area contributed by atoms with Crippen LogP contribution in [0.15, 0.2) is 64.9 Å². The average molecular weight is 586 g/mol. The maximum absolute atomic E-state index is 12.8. The molecule has 2 unspecified atom stereocenters. The van der Waals surface area contributed by atoms with Gasteiger partial charge in [-0.25, -0.2) is 9.79 Å². The SMILES string of the molecule is CCC1C=NC(NC2CCN(C(=O)OC(C)(C)C)CC2)=C(C(=N)c2ccc(Oc3ccc(C(F)(F)F)cc3)cc2)C1N. The van der Waals surface area contributed by atoms with Crippen molar-refractivity contribution in [3.05, 3.63) is 71.1 Å². The predicted molar refractivity (Wildman–Crippen MR) is 156 cm³/mol. The lowest BCUT2D eigenvalue weighted by atomic mass is 9.85. The maximum Gasteiger partial charge on any atom is 0.416 e. The van der Waals surface area contributed by atoms with Crippen LogP contribution >= 0.6 is 0 Å². The van der Waals surface area contributed by atoms with Crippen molar-refractivity contribution in [1.82, 2.24) is 10.2 Å². The molecule has 4 rings (SSSR count). The molecule has 0 spiro atoms. The van der Waals surface area contributed by atoms with E-state index in [0.29, 0.717) is 48.6 Å². The first-order chi connectivity index (χ1) is 19.7. The van der Waals surface area contributed by atoms with Gasteiger partial charge >= 0.3 is 12.3 Å². The number of nitrogens with one attached hydrogen (secondary N) is 2. The number of halogens is 3. The second-order valence-electron chi connectivity index (χ2n) is 11.5. The van der Waals surface area contributed by atoms with Gasteiger partial charge in [0, 0.05) is 48.4 Å². The molecule has 42 heavy (non-hydrogen) atoms. The number of amides is 1. The van der Waals surface area contributed by atoms with Crippen LogP contribution in [0.25, 0.3) is 0 Å². The number of rotatable bonds is 7. The molecule has 0 aromatic heterocycles. The Labute approximate surface area is 244 Å². The third-order valence-electron chi connectivity index (χ3n) is 7.23. The first-order valence-electron chi connectivity index (χ1n) is 14.1. The van der Waals surface area contributed by atoms with E-state index >= 15 is 0 Å². The quantitative estimate of drug-likeness (QED) is 0.321. The molecule has 0 radical (unpaired) electrons. The van der Waals surface area contributed by atoms with Crippen LogP contribution < -0.4 is 15.8 Å². The number of likely N-dealkylation sites (tertiary alicyclic amines) is 1. The minimum absolute atomic E-state index is 0.0257. The largest absolute Gasteiger partial charge is 0.457 e. The van der Waals surface area contributed by atoms with E-state index in [2.05, 4.69) is 10.3 Å². The van der Waals surface area contributed by atoms with E-state index in [4.69, 9.17) is 20.6 Å². The summed E-state index contributed by atoms with van der Waals surface area (Å²) < 4.78 is 49.7. The molecular weight excluding hydrogens is 547 g/mol. The van der Waals surface area contributed by atoms with Crippen LogP contribution in [0.5, 0.6) is 11.5 Å². The lowest BCUT2D eigenvalue weighted by molar-refractivity contribution is -0.137. The zero-order chi connectivity index (χ0) is 30.7. The Morgan fingerprint density at radius 3 is 2.14 bits per heavy atom. The number of nitrogens with zero attached hydrogens (tertiary/aromatic N) is 2. The minimum Gasteiger partial charge on any atom is -0.457 e. The molecule has 8 nitrogen and oxygen atoms in total. The highest BCUT2D eigenvalue weighted by atomic mass is 19.4. The predicted octanol–water partition coefficient (Wildman–Crippen LogP) is 6.50. The van der Waals surface area contributed by atoms with Crippen molar-refractivity contribution < 1.29 is 27.4 Å². The van der Waals surface area contributed by atoms with E-state index in [1.54, 1.807) is 29.2 Å². The van der Waals surface area contributed by atoms with Gasteiger partial charge in [-0.15, -0.1) is 0 Å². The van der Waals surface area contributed by atoms with E-state index in [0.717, 1.165) is 18.6 Å². The molecule has 0 saturated carbocycles.